The third kappa shape index (κ3) is 7.55. The van der Waals surface area contributed by atoms with E-state index in [0.717, 1.165) is 23.8 Å². The molecule has 1 aromatic rings. The normalized spacial score (nSPS) is 12.6. The first kappa shape index (κ1) is 20.0. The number of nitrogens with one attached hydrogen (secondary N) is 2. The summed E-state index contributed by atoms with van der Waals surface area (Å²) in [4.78, 5) is 4.62. The van der Waals surface area contributed by atoms with E-state index in [-0.39, 0.29) is 24.0 Å². The van der Waals surface area contributed by atoms with Gasteiger partial charge in [-0.3, -0.25) is 0 Å². The van der Waals surface area contributed by atoms with Crippen molar-refractivity contribution in [3.05, 3.63) is 29.8 Å². The van der Waals surface area contributed by atoms with Crippen LogP contribution < -0.4 is 15.4 Å². The number of guanidine groups is 1. The molecule has 2 N–H and O–H groups in total. The summed E-state index contributed by atoms with van der Waals surface area (Å²) < 4.78 is 5.23. The minimum atomic E-state index is 0. The molecule has 0 aromatic heterocycles. The average Bonchev–Trinajstić information content (AvgIpc) is 2.45. The number of methoxy groups -OCH3 is 1. The van der Waals surface area contributed by atoms with E-state index < -0.39 is 0 Å². The van der Waals surface area contributed by atoms with E-state index in [0.29, 0.717) is 18.5 Å². The van der Waals surface area contributed by atoms with Crippen LogP contribution in [0.3, 0.4) is 0 Å². The van der Waals surface area contributed by atoms with Crippen LogP contribution in [-0.2, 0) is 6.54 Å². The Kier molecular flexibility index (Phi) is 10.2. The number of ether oxygens (including phenoxy) is 1. The second-order valence-electron chi connectivity index (χ2n) is 5.22. The Hall–Kier alpha value is -0.980. The van der Waals surface area contributed by atoms with Crippen molar-refractivity contribution in [1.82, 2.24) is 10.6 Å². The van der Waals surface area contributed by atoms with E-state index in [1.54, 1.807) is 7.11 Å². The highest BCUT2D eigenvalue weighted by Crippen LogP contribution is 2.13. The van der Waals surface area contributed by atoms with Crippen molar-refractivity contribution in [3.8, 4) is 5.75 Å². The topological polar surface area (TPSA) is 45.7 Å². The van der Waals surface area contributed by atoms with Gasteiger partial charge < -0.3 is 15.4 Å². The zero-order valence-electron chi connectivity index (χ0n) is 13.6. The van der Waals surface area contributed by atoms with E-state index >= 15 is 0 Å². The maximum absolute atomic E-state index is 5.23. The molecule has 0 bridgehead atoms. The van der Waals surface area contributed by atoms with Crippen LogP contribution in [0.2, 0.25) is 0 Å². The highest BCUT2D eigenvalue weighted by molar-refractivity contribution is 14.0. The van der Waals surface area contributed by atoms with Crippen molar-refractivity contribution in [1.29, 1.82) is 0 Å². The molecule has 0 heterocycles. The summed E-state index contributed by atoms with van der Waals surface area (Å²) in [5.74, 6) is 2.29. The molecule has 21 heavy (non-hydrogen) atoms. The van der Waals surface area contributed by atoms with Crippen molar-refractivity contribution in [2.24, 2.45) is 10.9 Å². The van der Waals surface area contributed by atoms with Crippen LogP contribution >= 0.6 is 24.0 Å². The third-order valence-corrected chi connectivity index (χ3v) is 3.26. The summed E-state index contributed by atoms with van der Waals surface area (Å²) in [5, 5.41) is 6.70. The molecule has 0 radical (unpaired) electrons. The summed E-state index contributed by atoms with van der Waals surface area (Å²) in [6.45, 7) is 10.1. The first-order valence-electron chi connectivity index (χ1n) is 7.24. The number of nitrogens with zero attached hydrogens (tertiary/aromatic N) is 1. The van der Waals surface area contributed by atoms with E-state index in [1.807, 2.05) is 18.2 Å². The monoisotopic (exact) mass is 405 g/mol. The predicted molar refractivity (Wildman–Crippen MR) is 101 cm³/mol. The molecule has 0 amide bonds. The average molecular weight is 405 g/mol. The van der Waals surface area contributed by atoms with E-state index in [9.17, 15) is 0 Å². The lowest BCUT2D eigenvalue weighted by atomic mass is 10.1. The van der Waals surface area contributed by atoms with Crippen molar-refractivity contribution in [3.63, 3.8) is 0 Å². The molecule has 0 aliphatic heterocycles. The van der Waals surface area contributed by atoms with Crippen LogP contribution in [0, 0.1) is 5.92 Å². The molecule has 0 saturated carbocycles. The van der Waals surface area contributed by atoms with E-state index in [2.05, 4.69) is 49.4 Å². The van der Waals surface area contributed by atoms with Crippen LogP contribution in [0.5, 0.6) is 5.75 Å². The highest BCUT2D eigenvalue weighted by Gasteiger charge is 2.08. The highest BCUT2D eigenvalue weighted by atomic mass is 127. The molecule has 0 fully saturated rings. The second-order valence-corrected chi connectivity index (χ2v) is 5.22. The lowest BCUT2D eigenvalue weighted by Gasteiger charge is -2.20. The first-order chi connectivity index (χ1) is 9.56. The number of aliphatic imine (C=N–C) groups is 1. The number of hydrogen-bond acceptors (Lipinski definition) is 2. The molecular weight excluding hydrogens is 377 g/mol. The standard InChI is InChI=1S/C16H27N3O.HI/c1-6-17-16(19-13(4)12(2)3)18-11-14-8-7-9-15(10-14)20-5;/h7-10,12-13H,6,11H2,1-5H3,(H2,17,18,19);1H. The summed E-state index contributed by atoms with van der Waals surface area (Å²) in [7, 11) is 1.68. The minimum absolute atomic E-state index is 0. The molecule has 0 saturated heterocycles. The maximum atomic E-state index is 5.23. The molecule has 0 aliphatic carbocycles. The van der Waals surface area contributed by atoms with Crippen molar-refractivity contribution >= 4 is 29.9 Å². The number of rotatable bonds is 6. The SMILES string of the molecule is CCNC(=NCc1cccc(OC)c1)NC(C)C(C)C.I. The van der Waals surface area contributed by atoms with Gasteiger partial charge in [-0.25, -0.2) is 4.99 Å². The van der Waals surface area contributed by atoms with Gasteiger partial charge in [0.05, 0.1) is 13.7 Å². The van der Waals surface area contributed by atoms with Crippen LogP contribution in [0.4, 0.5) is 0 Å². The first-order valence-corrected chi connectivity index (χ1v) is 7.24. The van der Waals surface area contributed by atoms with Gasteiger partial charge in [-0.05, 0) is 37.5 Å². The summed E-state index contributed by atoms with van der Waals surface area (Å²) in [6.07, 6.45) is 0. The Bertz CT molecular complexity index is 435. The fraction of sp³-hybridized carbons (Fsp3) is 0.562. The second kappa shape index (κ2) is 10.7. The van der Waals surface area contributed by atoms with Gasteiger partial charge in [0.1, 0.15) is 5.75 Å². The molecule has 1 unspecified atom stereocenters. The minimum Gasteiger partial charge on any atom is -0.497 e. The summed E-state index contributed by atoms with van der Waals surface area (Å²) >= 11 is 0. The van der Waals surface area contributed by atoms with Gasteiger partial charge in [-0.1, -0.05) is 26.0 Å². The van der Waals surface area contributed by atoms with Crippen LogP contribution in [-0.4, -0.2) is 25.7 Å². The van der Waals surface area contributed by atoms with Gasteiger partial charge in [0, 0.05) is 12.6 Å². The zero-order chi connectivity index (χ0) is 15.0. The lowest BCUT2D eigenvalue weighted by molar-refractivity contribution is 0.414. The predicted octanol–water partition coefficient (Wildman–Crippen LogP) is 3.41. The molecular formula is C16H28IN3O. The van der Waals surface area contributed by atoms with Gasteiger partial charge in [0.15, 0.2) is 5.96 Å². The van der Waals surface area contributed by atoms with Crippen LogP contribution in [0.1, 0.15) is 33.3 Å². The molecule has 5 heteroatoms. The summed E-state index contributed by atoms with van der Waals surface area (Å²) in [5.41, 5.74) is 1.14. The van der Waals surface area contributed by atoms with Gasteiger partial charge in [0.25, 0.3) is 0 Å². The van der Waals surface area contributed by atoms with Crippen molar-refractivity contribution in [2.45, 2.75) is 40.3 Å². The number of halogens is 1. The van der Waals surface area contributed by atoms with Crippen molar-refractivity contribution < 1.29 is 4.74 Å². The Morgan fingerprint density at radius 1 is 1.29 bits per heavy atom. The molecule has 1 rings (SSSR count). The molecule has 4 nitrogen and oxygen atoms in total. The molecule has 120 valence electrons. The van der Waals surface area contributed by atoms with Gasteiger partial charge in [-0.15, -0.1) is 24.0 Å². The lowest BCUT2D eigenvalue weighted by Crippen LogP contribution is -2.44. The van der Waals surface area contributed by atoms with Gasteiger partial charge in [0.2, 0.25) is 0 Å². The Morgan fingerprint density at radius 3 is 2.57 bits per heavy atom. The van der Waals surface area contributed by atoms with Crippen LogP contribution in [0.25, 0.3) is 0 Å². The van der Waals surface area contributed by atoms with E-state index in [4.69, 9.17) is 4.74 Å². The largest absolute Gasteiger partial charge is 0.497 e. The molecule has 0 spiro atoms. The molecule has 0 aliphatic rings. The quantitative estimate of drug-likeness (QED) is 0.433. The number of benzene rings is 1. The van der Waals surface area contributed by atoms with Gasteiger partial charge in [-0.2, -0.15) is 0 Å². The fourth-order valence-corrected chi connectivity index (χ4v) is 1.64. The Balaban J connectivity index is 0.00000400. The number of hydrogen-bond donors (Lipinski definition) is 2. The molecule has 1 aromatic carbocycles. The third-order valence-electron chi connectivity index (χ3n) is 3.26. The maximum Gasteiger partial charge on any atom is 0.191 e. The zero-order valence-corrected chi connectivity index (χ0v) is 16.0. The Morgan fingerprint density at radius 2 is 2.00 bits per heavy atom. The fourth-order valence-electron chi connectivity index (χ4n) is 1.64. The smallest absolute Gasteiger partial charge is 0.191 e. The van der Waals surface area contributed by atoms with Crippen LogP contribution in [0.15, 0.2) is 29.3 Å². The van der Waals surface area contributed by atoms with Gasteiger partial charge >= 0.3 is 0 Å². The summed E-state index contributed by atoms with van der Waals surface area (Å²) in [6, 6.07) is 8.39. The Labute approximate surface area is 145 Å². The van der Waals surface area contributed by atoms with E-state index in [1.165, 1.54) is 0 Å². The molecule has 1 atom stereocenters. The van der Waals surface area contributed by atoms with Crippen molar-refractivity contribution in [2.75, 3.05) is 13.7 Å².